The highest BCUT2D eigenvalue weighted by atomic mass is 19.1. The average molecular weight is 492 g/mol. The van der Waals surface area contributed by atoms with Crippen LogP contribution in [0.15, 0.2) is 72.3 Å². The van der Waals surface area contributed by atoms with Gasteiger partial charge in [0.25, 0.3) is 11.7 Å². The molecule has 0 aliphatic carbocycles. The van der Waals surface area contributed by atoms with Gasteiger partial charge in [-0.1, -0.05) is 30.3 Å². The third kappa shape index (κ3) is 4.62. The Bertz CT molecular complexity index is 1320. The molecular formula is C28H26FNO6. The molecule has 1 heterocycles. The van der Waals surface area contributed by atoms with Crippen molar-refractivity contribution in [2.45, 2.75) is 12.5 Å². The van der Waals surface area contributed by atoms with Gasteiger partial charge in [0.05, 0.1) is 38.5 Å². The molecule has 0 bridgehead atoms. The summed E-state index contributed by atoms with van der Waals surface area (Å²) in [6.45, 7) is 0.191. The number of ether oxygens (including phenoxy) is 3. The van der Waals surface area contributed by atoms with Gasteiger partial charge in [0.15, 0.2) is 0 Å². The number of hydrogen-bond donors (Lipinski definition) is 1. The van der Waals surface area contributed by atoms with E-state index in [2.05, 4.69) is 0 Å². The number of Topliss-reactive ketones (excluding diaryl/α,β-unsaturated/α-hetero) is 1. The lowest BCUT2D eigenvalue weighted by Crippen LogP contribution is -2.31. The Hall–Kier alpha value is -4.33. The molecule has 1 unspecified atom stereocenters. The number of carbonyl (C=O) groups excluding carboxylic acids is 2. The summed E-state index contributed by atoms with van der Waals surface area (Å²) in [6.07, 6.45) is 0.450. The van der Waals surface area contributed by atoms with E-state index in [1.54, 1.807) is 31.4 Å². The predicted molar refractivity (Wildman–Crippen MR) is 132 cm³/mol. The van der Waals surface area contributed by atoms with Gasteiger partial charge in [-0.3, -0.25) is 9.59 Å². The zero-order chi connectivity index (χ0) is 25.8. The SMILES string of the molecule is COc1ccc(CCN2C(=O)C(=O)/C(=C(/O)c3cc(F)ccc3OC)C2c2ccccc2OC)cc1. The lowest BCUT2D eigenvalue weighted by atomic mass is 9.94. The summed E-state index contributed by atoms with van der Waals surface area (Å²) in [4.78, 5) is 27.9. The van der Waals surface area contributed by atoms with Gasteiger partial charge < -0.3 is 24.2 Å². The van der Waals surface area contributed by atoms with Crippen molar-refractivity contribution in [3.05, 3.63) is 94.8 Å². The standard InChI is InChI=1S/C28H26FNO6/c1-34-19-11-8-17(9-12-19)14-15-30-25(20-6-4-5-7-22(20)35-2)24(27(32)28(30)33)26(31)21-16-18(29)10-13-23(21)36-3/h4-13,16,25,31H,14-15H2,1-3H3/b26-24+. The number of nitrogens with zero attached hydrogens (tertiary/aromatic N) is 1. The van der Waals surface area contributed by atoms with E-state index in [4.69, 9.17) is 14.2 Å². The van der Waals surface area contributed by atoms with Crippen LogP contribution in [0.25, 0.3) is 5.76 Å². The molecule has 186 valence electrons. The van der Waals surface area contributed by atoms with Crippen LogP contribution < -0.4 is 14.2 Å². The summed E-state index contributed by atoms with van der Waals surface area (Å²) >= 11 is 0. The zero-order valence-corrected chi connectivity index (χ0v) is 20.2. The first-order valence-corrected chi connectivity index (χ1v) is 11.3. The van der Waals surface area contributed by atoms with Crippen LogP contribution in [0.1, 0.15) is 22.7 Å². The summed E-state index contributed by atoms with van der Waals surface area (Å²) in [6, 6.07) is 17.0. The van der Waals surface area contributed by atoms with Crippen molar-refractivity contribution in [1.82, 2.24) is 4.90 Å². The molecule has 1 amide bonds. The lowest BCUT2D eigenvalue weighted by Gasteiger charge is -2.26. The Labute approximate surface area is 208 Å². The molecule has 7 nitrogen and oxygen atoms in total. The monoisotopic (exact) mass is 491 g/mol. The highest BCUT2D eigenvalue weighted by Crippen LogP contribution is 2.43. The summed E-state index contributed by atoms with van der Waals surface area (Å²) in [7, 11) is 4.43. The molecule has 0 spiro atoms. The smallest absolute Gasteiger partial charge is 0.295 e. The van der Waals surface area contributed by atoms with Crippen molar-refractivity contribution < 1.29 is 33.3 Å². The van der Waals surface area contributed by atoms with Crippen molar-refractivity contribution in [3.63, 3.8) is 0 Å². The molecule has 0 saturated carbocycles. The Morgan fingerprint density at radius 1 is 0.917 bits per heavy atom. The van der Waals surface area contributed by atoms with Crippen LogP contribution in [0.3, 0.4) is 0 Å². The van der Waals surface area contributed by atoms with Gasteiger partial charge in [-0.2, -0.15) is 0 Å². The maximum atomic E-state index is 14.1. The Morgan fingerprint density at radius 3 is 2.28 bits per heavy atom. The van der Waals surface area contributed by atoms with Crippen molar-refractivity contribution in [1.29, 1.82) is 0 Å². The van der Waals surface area contributed by atoms with Crippen molar-refractivity contribution >= 4 is 17.4 Å². The maximum Gasteiger partial charge on any atom is 0.295 e. The van der Waals surface area contributed by atoms with Crippen LogP contribution in [0.5, 0.6) is 17.2 Å². The van der Waals surface area contributed by atoms with Gasteiger partial charge in [-0.15, -0.1) is 0 Å². The van der Waals surface area contributed by atoms with Gasteiger partial charge in [-0.25, -0.2) is 4.39 Å². The van der Waals surface area contributed by atoms with Crippen LogP contribution in [0.4, 0.5) is 4.39 Å². The number of amides is 1. The molecular weight excluding hydrogens is 465 g/mol. The molecule has 0 aromatic heterocycles. The summed E-state index contributed by atoms with van der Waals surface area (Å²) < 4.78 is 30.1. The molecule has 1 N–H and O–H groups in total. The summed E-state index contributed by atoms with van der Waals surface area (Å²) in [5, 5.41) is 11.3. The minimum absolute atomic E-state index is 0.0226. The first-order valence-electron chi connectivity index (χ1n) is 11.3. The molecule has 1 aliphatic heterocycles. The maximum absolute atomic E-state index is 14.1. The predicted octanol–water partition coefficient (Wildman–Crippen LogP) is 4.52. The number of aliphatic hydroxyl groups is 1. The Morgan fingerprint density at radius 2 is 1.61 bits per heavy atom. The number of hydrogen-bond acceptors (Lipinski definition) is 6. The molecule has 3 aromatic rings. The van der Waals surface area contributed by atoms with Gasteiger partial charge in [0, 0.05) is 12.1 Å². The number of carbonyl (C=O) groups is 2. The second-order valence-electron chi connectivity index (χ2n) is 8.18. The van der Waals surface area contributed by atoms with Gasteiger partial charge in [0.2, 0.25) is 0 Å². The molecule has 8 heteroatoms. The highest BCUT2D eigenvalue weighted by Gasteiger charge is 2.47. The van der Waals surface area contributed by atoms with E-state index in [1.807, 2.05) is 24.3 Å². The molecule has 0 radical (unpaired) electrons. The lowest BCUT2D eigenvalue weighted by molar-refractivity contribution is -0.139. The van der Waals surface area contributed by atoms with E-state index in [1.165, 1.54) is 31.3 Å². The van der Waals surface area contributed by atoms with E-state index in [9.17, 15) is 19.1 Å². The number of aliphatic hydroxyl groups excluding tert-OH is 1. The zero-order valence-electron chi connectivity index (χ0n) is 20.2. The molecule has 1 saturated heterocycles. The number of para-hydroxylation sites is 1. The van der Waals surface area contributed by atoms with Crippen molar-refractivity contribution in [2.75, 3.05) is 27.9 Å². The van der Waals surface area contributed by atoms with Crippen molar-refractivity contribution in [3.8, 4) is 17.2 Å². The number of likely N-dealkylation sites (tertiary alicyclic amines) is 1. The number of benzene rings is 3. The average Bonchev–Trinajstić information content (AvgIpc) is 3.16. The first-order chi connectivity index (χ1) is 17.4. The third-order valence-corrected chi connectivity index (χ3v) is 6.19. The minimum atomic E-state index is -0.952. The largest absolute Gasteiger partial charge is 0.507 e. The van der Waals surface area contributed by atoms with Gasteiger partial charge >= 0.3 is 0 Å². The van der Waals surface area contributed by atoms with Gasteiger partial charge in [0.1, 0.15) is 28.8 Å². The minimum Gasteiger partial charge on any atom is -0.507 e. The molecule has 36 heavy (non-hydrogen) atoms. The van der Waals surface area contributed by atoms with E-state index >= 15 is 0 Å². The Balaban J connectivity index is 1.83. The highest BCUT2D eigenvalue weighted by molar-refractivity contribution is 6.46. The molecule has 1 fully saturated rings. The van der Waals surface area contributed by atoms with E-state index in [0.717, 1.165) is 11.6 Å². The second-order valence-corrected chi connectivity index (χ2v) is 8.18. The third-order valence-electron chi connectivity index (χ3n) is 6.19. The van der Waals surface area contributed by atoms with E-state index < -0.39 is 29.3 Å². The second kappa shape index (κ2) is 10.5. The van der Waals surface area contributed by atoms with Crippen LogP contribution in [-0.2, 0) is 16.0 Å². The van der Waals surface area contributed by atoms with Crippen LogP contribution in [-0.4, -0.2) is 49.6 Å². The Kier molecular flexibility index (Phi) is 7.24. The molecule has 1 atom stereocenters. The van der Waals surface area contributed by atoms with Gasteiger partial charge in [-0.05, 0) is 48.4 Å². The summed E-state index contributed by atoms with van der Waals surface area (Å²) in [5.74, 6) is -1.47. The fourth-order valence-electron chi connectivity index (χ4n) is 4.38. The van der Waals surface area contributed by atoms with Crippen LogP contribution >= 0.6 is 0 Å². The topological polar surface area (TPSA) is 85.3 Å². The number of methoxy groups -OCH3 is 3. The van der Waals surface area contributed by atoms with E-state index in [0.29, 0.717) is 23.5 Å². The molecule has 1 aliphatic rings. The number of rotatable bonds is 8. The van der Waals surface area contributed by atoms with Crippen LogP contribution in [0.2, 0.25) is 0 Å². The normalized spacial score (nSPS) is 16.8. The van der Waals surface area contributed by atoms with Crippen LogP contribution in [0, 0.1) is 5.82 Å². The first kappa shape index (κ1) is 24.8. The molecule has 4 rings (SSSR count). The van der Waals surface area contributed by atoms with Crippen molar-refractivity contribution in [2.24, 2.45) is 0 Å². The summed E-state index contributed by atoms with van der Waals surface area (Å²) in [5.41, 5.74) is 1.27. The van der Waals surface area contributed by atoms with E-state index in [-0.39, 0.29) is 23.4 Å². The fraction of sp³-hybridized carbons (Fsp3) is 0.214. The number of ketones is 1. The molecule has 3 aromatic carbocycles. The fourth-order valence-corrected chi connectivity index (χ4v) is 4.38. The quantitative estimate of drug-likeness (QED) is 0.283. The number of halogens is 1.